The SMILES string of the molecule is CC#CCOc1c(Cl)cc(CNCC)cc1OC. The molecule has 4 heteroatoms. The van der Waals surface area contributed by atoms with E-state index in [2.05, 4.69) is 24.1 Å². The summed E-state index contributed by atoms with van der Waals surface area (Å²) >= 11 is 6.19. The summed E-state index contributed by atoms with van der Waals surface area (Å²) in [5, 5.41) is 3.78. The van der Waals surface area contributed by atoms with Gasteiger partial charge in [-0.3, -0.25) is 0 Å². The Morgan fingerprint density at radius 3 is 2.78 bits per heavy atom. The zero-order valence-corrected chi connectivity index (χ0v) is 11.7. The Hall–Kier alpha value is -1.37. The quantitative estimate of drug-likeness (QED) is 0.804. The molecule has 0 saturated heterocycles. The molecule has 0 aliphatic carbocycles. The molecule has 1 aromatic rings. The normalized spacial score (nSPS) is 9.56. The second-order valence-corrected chi connectivity index (χ2v) is 4.01. The van der Waals surface area contributed by atoms with Crippen molar-refractivity contribution in [1.82, 2.24) is 5.32 Å². The van der Waals surface area contributed by atoms with Crippen LogP contribution in [-0.4, -0.2) is 20.3 Å². The molecule has 1 N–H and O–H groups in total. The molecule has 0 aliphatic heterocycles. The Bertz CT molecular complexity index is 449. The summed E-state index contributed by atoms with van der Waals surface area (Å²) in [6.07, 6.45) is 0. The summed E-state index contributed by atoms with van der Waals surface area (Å²) in [5.41, 5.74) is 1.06. The zero-order valence-electron chi connectivity index (χ0n) is 11.0. The minimum absolute atomic E-state index is 0.305. The number of rotatable bonds is 6. The standard InChI is InChI=1S/C14H18ClNO2/c1-4-6-7-18-14-12(15)8-11(10-16-5-2)9-13(14)17-3/h8-9,16H,5,7,10H2,1-3H3. The van der Waals surface area contributed by atoms with Crippen LogP contribution in [0.2, 0.25) is 5.02 Å². The lowest BCUT2D eigenvalue weighted by molar-refractivity contribution is 0.330. The summed E-state index contributed by atoms with van der Waals surface area (Å²) in [5.74, 6) is 6.77. The number of benzene rings is 1. The lowest BCUT2D eigenvalue weighted by Gasteiger charge is -2.13. The summed E-state index contributed by atoms with van der Waals surface area (Å²) in [7, 11) is 1.60. The number of hydrogen-bond donors (Lipinski definition) is 1. The van der Waals surface area contributed by atoms with Gasteiger partial charge in [-0.1, -0.05) is 24.4 Å². The van der Waals surface area contributed by atoms with E-state index in [1.54, 1.807) is 14.0 Å². The van der Waals surface area contributed by atoms with Crippen molar-refractivity contribution in [3.63, 3.8) is 0 Å². The van der Waals surface area contributed by atoms with Crippen molar-refractivity contribution in [3.05, 3.63) is 22.7 Å². The van der Waals surface area contributed by atoms with E-state index in [-0.39, 0.29) is 0 Å². The van der Waals surface area contributed by atoms with Crippen LogP contribution in [0.25, 0.3) is 0 Å². The monoisotopic (exact) mass is 267 g/mol. The van der Waals surface area contributed by atoms with Crippen LogP contribution in [0.1, 0.15) is 19.4 Å². The number of halogens is 1. The molecule has 1 aromatic carbocycles. The molecule has 0 bridgehead atoms. The van der Waals surface area contributed by atoms with Gasteiger partial charge in [0.2, 0.25) is 0 Å². The summed E-state index contributed by atoms with van der Waals surface area (Å²) in [6.45, 7) is 5.78. The highest BCUT2D eigenvalue weighted by Gasteiger charge is 2.11. The van der Waals surface area contributed by atoms with E-state index >= 15 is 0 Å². The van der Waals surface area contributed by atoms with Gasteiger partial charge in [-0.15, -0.1) is 5.92 Å². The molecule has 3 nitrogen and oxygen atoms in total. The molecule has 0 atom stereocenters. The van der Waals surface area contributed by atoms with Gasteiger partial charge in [0.05, 0.1) is 12.1 Å². The van der Waals surface area contributed by atoms with Gasteiger partial charge >= 0.3 is 0 Å². The molecule has 98 valence electrons. The van der Waals surface area contributed by atoms with Crippen molar-refractivity contribution in [2.75, 3.05) is 20.3 Å². The topological polar surface area (TPSA) is 30.5 Å². The van der Waals surface area contributed by atoms with Crippen molar-refractivity contribution in [2.45, 2.75) is 20.4 Å². The van der Waals surface area contributed by atoms with E-state index in [1.807, 2.05) is 12.1 Å². The smallest absolute Gasteiger partial charge is 0.181 e. The number of nitrogens with one attached hydrogen (secondary N) is 1. The molecule has 18 heavy (non-hydrogen) atoms. The van der Waals surface area contributed by atoms with Gasteiger partial charge in [-0.05, 0) is 31.2 Å². The Labute approximate surface area is 113 Å². The van der Waals surface area contributed by atoms with Gasteiger partial charge < -0.3 is 14.8 Å². The van der Waals surface area contributed by atoms with E-state index in [1.165, 1.54) is 0 Å². The highest BCUT2D eigenvalue weighted by Crippen LogP contribution is 2.36. The molecule has 0 radical (unpaired) electrons. The fraction of sp³-hybridized carbons (Fsp3) is 0.429. The average molecular weight is 268 g/mol. The van der Waals surface area contributed by atoms with Crippen molar-refractivity contribution < 1.29 is 9.47 Å². The molecule has 0 aliphatic rings. The van der Waals surface area contributed by atoms with E-state index in [0.717, 1.165) is 18.7 Å². The first-order valence-corrected chi connectivity index (χ1v) is 6.20. The van der Waals surface area contributed by atoms with Crippen LogP contribution in [0.5, 0.6) is 11.5 Å². The molecule has 0 amide bonds. The lowest BCUT2D eigenvalue weighted by Crippen LogP contribution is -2.12. The van der Waals surface area contributed by atoms with Gasteiger partial charge in [-0.2, -0.15) is 0 Å². The minimum Gasteiger partial charge on any atom is -0.493 e. The predicted molar refractivity (Wildman–Crippen MR) is 74.3 cm³/mol. The summed E-state index contributed by atoms with van der Waals surface area (Å²) in [6, 6.07) is 3.80. The van der Waals surface area contributed by atoms with Gasteiger partial charge in [-0.25, -0.2) is 0 Å². The maximum Gasteiger partial charge on any atom is 0.181 e. The van der Waals surface area contributed by atoms with Crippen LogP contribution in [0.15, 0.2) is 12.1 Å². The average Bonchev–Trinajstić information content (AvgIpc) is 2.38. The van der Waals surface area contributed by atoms with E-state index in [9.17, 15) is 0 Å². The number of methoxy groups -OCH3 is 1. The summed E-state index contributed by atoms with van der Waals surface area (Å²) in [4.78, 5) is 0. The Morgan fingerprint density at radius 1 is 1.39 bits per heavy atom. The van der Waals surface area contributed by atoms with Crippen molar-refractivity contribution in [3.8, 4) is 23.3 Å². The van der Waals surface area contributed by atoms with E-state index < -0.39 is 0 Å². The third-order valence-corrected chi connectivity index (χ3v) is 2.61. The summed E-state index contributed by atoms with van der Waals surface area (Å²) < 4.78 is 10.8. The van der Waals surface area contributed by atoms with Crippen LogP contribution in [0.4, 0.5) is 0 Å². The molecule has 0 unspecified atom stereocenters. The molecule has 1 rings (SSSR count). The second-order valence-electron chi connectivity index (χ2n) is 3.60. The molecule has 0 heterocycles. The minimum atomic E-state index is 0.305. The van der Waals surface area contributed by atoms with Crippen molar-refractivity contribution >= 4 is 11.6 Å². The maximum atomic E-state index is 6.19. The van der Waals surface area contributed by atoms with Crippen LogP contribution in [-0.2, 0) is 6.54 Å². The van der Waals surface area contributed by atoms with Gasteiger partial charge in [0.15, 0.2) is 11.5 Å². The van der Waals surface area contributed by atoms with E-state index in [0.29, 0.717) is 23.1 Å². The van der Waals surface area contributed by atoms with Crippen LogP contribution < -0.4 is 14.8 Å². The molecule has 0 fully saturated rings. The largest absolute Gasteiger partial charge is 0.493 e. The highest BCUT2D eigenvalue weighted by atomic mass is 35.5. The van der Waals surface area contributed by atoms with Crippen molar-refractivity contribution in [2.24, 2.45) is 0 Å². The third-order valence-electron chi connectivity index (χ3n) is 2.33. The van der Waals surface area contributed by atoms with Gasteiger partial charge in [0, 0.05) is 6.54 Å². The molecule has 0 spiro atoms. The first kappa shape index (κ1) is 14.7. The molecular weight excluding hydrogens is 250 g/mol. The molecule has 0 aromatic heterocycles. The number of ether oxygens (including phenoxy) is 2. The molecule has 0 saturated carbocycles. The van der Waals surface area contributed by atoms with Gasteiger partial charge in [0.1, 0.15) is 6.61 Å². The zero-order chi connectivity index (χ0) is 13.4. The fourth-order valence-electron chi connectivity index (χ4n) is 1.47. The van der Waals surface area contributed by atoms with Crippen LogP contribution in [0, 0.1) is 11.8 Å². The Kier molecular flexibility index (Phi) is 6.42. The first-order valence-electron chi connectivity index (χ1n) is 5.82. The van der Waals surface area contributed by atoms with E-state index in [4.69, 9.17) is 21.1 Å². The Balaban J connectivity index is 2.91. The predicted octanol–water partition coefficient (Wildman–Crippen LogP) is 2.86. The van der Waals surface area contributed by atoms with Crippen molar-refractivity contribution in [1.29, 1.82) is 0 Å². The van der Waals surface area contributed by atoms with Gasteiger partial charge in [0.25, 0.3) is 0 Å². The second kappa shape index (κ2) is 7.86. The van der Waals surface area contributed by atoms with Crippen LogP contribution in [0.3, 0.4) is 0 Å². The third kappa shape index (κ3) is 4.14. The first-order chi connectivity index (χ1) is 8.72. The van der Waals surface area contributed by atoms with Crippen LogP contribution >= 0.6 is 11.6 Å². The molecular formula is C14H18ClNO2. The highest BCUT2D eigenvalue weighted by molar-refractivity contribution is 6.32. The number of hydrogen-bond acceptors (Lipinski definition) is 3. The maximum absolute atomic E-state index is 6.19. The fourth-order valence-corrected chi connectivity index (χ4v) is 1.75. The Morgan fingerprint density at radius 2 is 2.17 bits per heavy atom. The lowest BCUT2D eigenvalue weighted by atomic mass is 10.2.